The Morgan fingerprint density at radius 3 is 2.78 bits per heavy atom. The molecule has 1 aromatic carbocycles. The summed E-state index contributed by atoms with van der Waals surface area (Å²) in [5, 5.41) is 0. The Bertz CT molecular complexity index is 592. The molecule has 0 saturated carbocycles. The van der Waals surface area contributed by atoms with Gasteiger partial charge in [-0.2, -0.15) is 0 Å². The molecule has 0 aromatic heterocycles. The van der Waals surface area contributed by atoms with E-state index in [4.69, 9.17) is 0 Å². The van der Waals surface area contributed by atoms with E-state index in [1.807, 2.05) is 11.8 Å². The Morgan fingerprint density at radius 1 is 1.17 bits per heavy atom. The molecule has 0 N–H and O–H groups in total. The highest BCUT2D eigenvalue weighted by Crippen LogP contribution is 2.39. The van der Waals surface area contributed by atoms with Gasteiger partial charge in [0.15, 0.2) is 0 Å². The van der Waals surface area contributed by atoms with Crippen molar-refractivity contribution in [1.29, 1.82) is 0 Å². The van der Waals surface area contributed by atoms with Crippen LogP contribution in [-0.4, -0.2) is 40.9 Å². The van der Waals surface area contributed by atoms with Crippen LogP contribution in [0.3, 0.4) is 0 Å². The van der Waals surface area contributed by atoms with Gasteiger partial charge >= 0.3 is 0 Å². The van der Waals surface area contributed by atoms with Gasteiger partial charge in [0.25, 0.3) is 0 Å². The fourth-order valence-corrected chi connectivity index (χ4v) is 4.20. The van der Waals surface area contributed by atoms with Crippen molar-refractivity contribution in [3.63, 3.8) is 0 Å². The first-order valence-corrected chi connectivity index (χ1v) is 8.51. The Morgan fingerprint density at radius 2 is 2.00 bits per heavy atom. The average molecular weight is 322 g/mol. The first-order valence-electron chi connectivity index (χ1n) is 8.51. The lowest BCUT2D eigenvalue weighted by atomic mass is 9.88. The normalized spacial score (nSPS) is 26.0. The van der Waals surface area contributed by atoms with Crippen molar-refractivity contribution in [2.45, 2.75) is 51.1 Å². The molecule has 5 heteroatoms. The summed E-state index contributed by atoms with van der Waals surface area (Å²) in [6.45, 7) is 4.91. The highest BCUT2D eigenvalue weighted by atomic mass is 19.1. The lowest BCUT2D eigenvalue weighted by Gasteiger charge is -2.37. The zero-order valence-corrected chi connectivity index (χ0v) is 13.7. The average Bonchev–Trinajstić information content (AvgIpc) is 2.70. The number of hydrogen-bond donors (Lipinski definition) is 0. The van der Waals surface area contributed by atoms with Gasteiger partial charge in [-0.3, -0.25) is 9.69 Å². The molecule has 1 spiro atoms. The molecule has 2 heterocycles. The second-order valence-corrected chi connectivity index (χ2v) is 6.73. The number of nitrogens with zero attached hydrogens (tertiary/aromatic N) is 2. The maximum absolute atomic E-state index is 13.8. The molecule has 3 nitrogen and oxygen atoms in total. The summed E-state index contributed by atoms with van der Waals surface area (Å²) >= 11 is 0. The monoisotopic (exact) mass is 322 g/mol. The third-order valence-electron chi connectivity index (χ3n) is 5.41. The third kappa shape index (κ3) is 3.25. The number of halogens is 2. The zero-order chi connectivity index (χ0) is 16.4. The van der Waals surface area contributed by atoms with Gasteiger partial charge in [0.2, 0.25) is 5.91 Å². The minimum absolute atomic E-state index is 0.0128. The molecular weight excluding hydrogens is 298 g/mol. The SMILES string of the molecule is CCN1C(=O)CCC12CCCN(Cc1cc(F)ccc1F)CC2. The van der Waals surface area contributed by atoms with Crippen molar-refractivity contribution in [1.82, 2.24) is 9.80 Å². The number of carbonyl (C=O) groups is 1. The Labute approximate surface area is 136 Å². The summed E-state index contributed by atoms with van der Waals surface area (Å²) in [6, 6.07) is 3.63. The maximum Gasteiger partial charge on any atom is 0.223 e. The third-order valence-corrected chi connectivity index (χ3v) is 5.41. The molecule has 1 amide bonds. The number of likely N-dealkylation sites (tertiary alicyclic amines) is 2. The first-order chi connectivity index (χ1) is 11.0. The lowest BCUT2D eigenvalue weighted by molar-refractivity contribution is -0.131. The molecule has 1 unspecified atom stereocenters. The Kier molecular flexibility index (Phi) is 4.67. The van der Waals surface area contributed by atoms with E-state index in [-0.39, 0.29) is 17.3 Å². The topological polar surface area (TPSA) is 23.6 Å². The van der Waals surface area contributed by atoms with Crippen LogP contribution in [0.25, 0.3) is 0 Å². The van der Waals surface area contributed by atoms with Crippen molar-refractivity contribution < 1.29 is 13.6 Å². The quantitative estimate of drug-likeness (QED) is 0.852. The highest BCUT2D eigenvalue weighted by molar-refractivity contribution is 5.79. The van der Waals surface area contributed by atoms with Crippen LogP contribution in [0.5, 0.6) is 0 Å². The zero-order valence-electron chi connectivity index (χ0n) is 13.7. The summed E-state index contributed by atoms with van der Waals surface area (Å²) in [4.78, 5) is 16.3. The molecule has 2 aliphatic rings. The summed E-state index contributed by atoms with van der Waals surface area (Å²) in [7, 11) is 0. The molecule has 2 aliphatic heterocycles. The van der Waals surface area contributed by atoms with Gasteiger partial charge in [0.05, 0.1) is 0 Å². The fourth-order valence-electron chi connectivity index (χ4n) is 4.20. The molecule has 0 aliphatic carbocycles. The van der Waals surface area contributed by atoms with Crippen molar-refractivity contribution in [2.24, 2.45) is 0 Å². The molecule has 2 fully saturated rings. The van der Waals surface area contributed by atoms with E-state index in [0.29, 0.717) is 18.5 Å². The first kappa shape index (κ1) is 16.4. The van der Waals surface area contributed by atoms with E-state index in [9.17, 15) is 13.6 Å². The van der Waals surface area contributed by atoms with Crippen molar-refractivity contribution >= 4 is 5.91 Å². The highest BCUT2D eigenvalue weighted by Gasteiger charge is 2.44. The minimum atomic E-state index is -0.397. The van der Waals surface area contributed by atoms with Crippen LogP contribution in [0, 0.1) is 11.6 Å². The smallest absolute Gasteiger partial charge is 0.223 e. The van der Waals surface area contributed by atoms with Crippen LogP contribution in [0.4, 0.5) is 8.78 Å². The van der Waals surface area contributed by atoms with E-state index in [1.54, 1.807) is 0 Å². The van der Waals surface area contributed by atoms with Gasteiger partial charge in [-0.05, 0) is 57.4 Å². The summed E-state index contributed by atoms with van der Waals surface area (Å²) in [5.41, 5.74) is 0.400. The molecule has 1 atom stereocenters. The number of hydrogen-bond acceptors (Lipinski definition) is 2. The number of rotatable bonds is 3. The van der Waals surface area contributed by atoms with Gasteiger partial charge in [0, 0.05) is 37.2 Å². The van der Waals surface area contributed by atoms with Crippen LogP contribution in [0.15, 0.2) is 18.2 Å². The van der Waals surface area contributed by atoms with E-state index >= 15 is 0 Å². The predicted octanol–water partition coefficient (Wildman–Crippen LogP) is 3.33. The molecular formula is C18H24F2N2O. The molecule has 0 radical (unpaired) electrons. The van der Waals surface area contributed by atoms with Gasteiger partial charge in [-0.1, -0.05) is 0 Å². The predicted molar refractivity (Wildman–Crippen MR) is 84.8 cm³/mol. The van der Waals surface area contributed by atoms with Crippen LogP contribution in [0.1, 0.15) is 44.6 Å². The van der Waals surface area contributed by atoms with Crippen molar-refractivity contribution in [3.05, 3.63) is 35.4 Å². The van der Waals surface area contributed by atoms with E-state index in [0.717, 1.165) is 51.4 Å². The number of carbonyl (C=O) groups excluding carboxylic acids is 1. The van der Waals surface area contributed by atoms with Crippen LogP contribution in [-0.2, 0) is 11.3 Å². The Balaban J connectivity index is 1.69. The molecule has 3 rings (SSSR count). The summed E-state index contributed by atoms with van der Waals surface area (Å²) < 4.78 is 27.2. The van der Waals surface area contributed by atoms with Gasteiger partial charge in [0.1, 0.15) is 11.6 Å². The van der Waals surface area contributed by atoms with Crippen LogP contribution < -0.4 is 0 Å². The van der Waals surface area contributed by atoms with E-state index in [1.165, 1.54) is 12.1 Å². The summed E-state index contributed by atoms with van der Waals surface area (Å²) in [5.74, 6) is -0.486. The lowest BCUT2D eigenvalue weighted by Crippen LogP contribution is -2.46. The van der Waals surface area contributed by atoms with Crippen molar-refractivity contribution in [2.75, 3.05) is 19.6 Å². The molecule has 1 aromatic rings. The second-order valence-electron chi connectivity index (χ2n) is 6.73. The maximum atomic E-state index is 13.8. The van der Waals surface area contributed by atoms with Gasteiger partial charge in [-0.15, -0.1) is 0 Å². The minimum Gasteiger partial charge on any atom is -0.337 e. The Hall–Kier alpha value is -1.49. The van der Waals surface area contributed by atoms with Gasteiger partial charge < -0.3 is 4.90 Å². The number of amides is 1. The molecule has 126 valence electrons. The molecule has 0 bridgehead atoms. The second kappa shape index (κ2) is 6.56. The van der Waals surface area contributed by atoms with Gasteiger partial charge in [-0.25, -0.2) is 8.78 Å². The largest absolute Gasteiger partial charge is 0.337 e. The van der Waals surface area contributed by atoms with Crippen molar-refractivity contribution in [3.8, 4) is 0 Å². The molecule has 23 heavy (non-hydrogen) atoms. The van der Waals surface area contributed by atoms with Crippen LogP contribution >= 0.6 is 0 Å². The number of benzene rings is 1. The fraction of sp³-hybridized carbons (Fsp3) is 0.611. The summed E-state index contributed by atoms with van der Waals surface area (Å²) in [6.07, 6.45) is 4.49. The van der Waals surface area contributed by atoms with Crippen LogP contribution in [0.2, 0.25) is 0 Å². The molecule has 2 saturated heterocycles. The van der Waals surface area contributed by atoms with E-state index < -0.39 is 5.82 Å². The van der Waals surface area contributed by atoms with E-state index in [2.05, 4.69) is 4.90 Å². The standard InChI is InChI=1S/C18H24F2N2O/c1-2-22-17(23)6-8-18(22)7-3-10-21(11-9-18)13-14-12-15(19)4-5-16(14)20/h4-5,12H,2-3,6-11,13H2,1H3.